The molecule has 24 heavy (non-hydrogen) atoms. The number of pyridine rings is 1. The van der Waals surface area contributed by atoms with Crippen molar-refractivity contribution in [1.29, 1.82) is 0 Å². The predicted octanol–water partition coefficient (Wildman–Crippen LogP) is 2.31. The first-order valence-electron chi connectivity index (χ1n) is 7.12. The van der Waals surface area contributed by atoms with Gasteiger partial charge in [0, 0.05) is 12.4 Å². The highest BCUT2D eigenvalue weighted by Gasteiger charge is 2.17. The van der Waals surface area contributed by atoms with Crippen molar-refractivity contribution in [3.05, 3.63) is 72.4 Å². The van der Waals surface area contributed by atoms with Gasteiger partial charge in [-0.25, -0.2) is 14.8 Å². The van der Waals surface area contributed by atoms with E-state index in [1.54, 1.807) is 59.7 Å². The summed E-state index contributed by atoms with van der Waals surface area (Å²) in [5.74, 6) is -0.289. The van der Waals surface area contributed by atoms with Crippen LogP contribution in [0.4, 0.5) is 5.69 Å². The molecule has 0 saturated heterocycles. The average molecular weight is 322 g/mol. The first-order chi connectivity index (χ1) is 11.7. The number of rotatable bonds is 4. The van der Waals surface area contributed by atoms with Gasteiger partial charge in [-0.05, 0) is 24.3 Å². The second kappa shape index (κ2) is 6.74. The molecule has 1 aromatic carbocycles. The second-order valence-electron chi connectivity index (χ2n) is 4.87. The minimum absolute atomic E-state index is 0.209. The van der Waals surface area contributed by atoms with E-state index < -0.39 is 11.9 Å². The molecule has 7 nitrogen and oxygen atoms in total. The van der Waals surface area contributed by atoms with Crippen LogP contribution in [-0.4, -0.2) is 33.5 Å². The zero-order valence-corrected chi connectivity index (χ0v) is 12.8. The normalized spacial score (nSPS) is 10.2. The van der Waals surface area contributed by atoms with E-state index in [1.165, 1.54) is 13.3 Å². The van der Waals surface area contributed by atoms with Crippen LogP contribution in [0.3, 0.4) is 0 Å². The summed E-state index contributed by atoms with van der Waals surface area (Å²) in [4.78, 5) is 32.4. The Hall–Kier alpha value is -3.48. The quantitative estimate of drug-likeness (QED) is 0.745. The van der Waals surface area contributed by atoms with Crippen molar-refractivity contribution < 1.29 is 14.3 Å². The fraction of sp³-hybridized carbons (Fsp3) is 0.0588. The van der Waals surface area contributed by atoms with E-state index >= 15 is 0 Å². The van der Waals surface area contributed by atoms with Gasteiger partial charge in [0.05, 0.1) is 30.1 Å². The van der Waals surface area contributed by atoms with Gasteiger partial charge in [0.15, 0.2) is 0 Å². The highest BCUT2D eigenvalue weighted by molar-refractivity contribution is 6.10. The molecule has 0 aliphatic heterocycles. The smallest absolute Gasteiger partial charge is 0.338 e. The van der Waals surface area contributed by atoms with Gasteiger partial charge in [0.25, 0.3) is 5.91 Å². The molecule has 0 atom stereocenters. The number of ether oxygens (including phenoxy) is 1. The lowest BCUT2D eigenvalue weighted by Gasteiger charge is -2.09. The highest BCUT2D eigenvalue weighted by atomic mass is 16.5. The summed E-state index contributed by atoms with van der Waals surface area (Å²) in [5, 5.41) is 2.72. The largest absolute Gasteiger partial charge is 0.465 e. The second-order valence-corrected chi connectivity index (χ2v) is 4.87. The van der Waals surface area contributed by atoms with Crippen LogP contribution in [-0.2, 0) is 4.74 Å². The van der Waals surface area contributed by atoms with Gasteiger partial charge in [0.1, 0.15) is 12.1 Å². The number of nitrogens with zero attached hydrogens (tertiary/aromatic N) is 3. The minimum Gasteiger partial charge on any atom is -0.465 e. The number of benzene rings is 1. The summed E-state index contributed by atoms with van der Waals surface area (Å²) in [6.45, 7) is 0. The summed E-state index contributed by atoms with van der Waals surface area (Å²) in [5.41, 5.74) is 0.965. The first-order valence-corrected chi connectivity index (χ1v) is 7.12. The van der Waals surface area contributed by atoms with Crippen LogP contribution in [0.25, 0.3) is 5.82 Å². The van der Waals surface area contributed by atoms with Crippen LogP contribution in [0, 0.1) is 0 Å². The zero-order chi connectivity index (χ0) is 16.9. The zero-order valence-electron chi connectivity index (χ0n) is 12.8. The van der Waals surface area contributed by atoms with Crippen molar-refractivity contribution in [1.82, 2.24) is 14.5 Å². The lowest BCUT2D eigenvalue weighted by Crippen LogP contribution is -2.17. The molecule has 0 aliphatic carbocycles. The van der Waals surface area contributed by atoms with Crippen LogP contribution >= 0.6 is 0 Å². The Morgan fingerprint density at radius 3 is 2.54 bits per heavy atom. The number of aromatic nitrogens is 3. The molecular weight excluding hydrogens is 308 g/mol. The minimum atomic E-state index is -0.561. The maximum absolute atomic E-state index is 12.4. The molecule has 0 saturated carbocycles. The molecule has 7 heteroatoms. The summed E-state index contributed by atoms with van der Waals surface area (Å²) in [6, 6.07) is 9.94. The highest BCUT2D eigenvalue weighted by Crippen LogP contribution is 2.14. The third kappa shape index (κ3) is 3.14. The van der Waals surface area contributed by atoms with Gasteiger partial charge < -0.3 is 10.1 Å². The van der Waals surface area contributed by atoms with Crippen LogP contribution in [0.2, 0.25) is 0 Å². The molecule has 3 aromatic rings. The van der Waals surface area contributed by atoms with Gasteiger partial charge in [-0.1, -0.05) is 12.1 Å². The van der Waals surface area contributed by atoms with E-state index in [4.69, 9.17) is 4.74 Å². The third-order valence-corrected chi connectivity index (χ3v) is 3.35. The molecule has 1 amide bonds. The molecule has 0 spiro atoms. The molecule has 0 fully saturated rings. The molecule has 3 rings (SSSR count). The molecule has 1 N–H and O–H groups in total. The summed E-state index contributed by atoms with van der Waals surface area (Å²) < 4.78 is 6.44. The van der Waals surface area contributed by atoms with E-state index in [0.717, 1.165) is 0 Å². The lowest BCUT2D eigenvalue weighted by atomic mass is 10.1. The van der Waals surface area contributed by atoms with E-state index in [9.17, 15) is 9.59 Å². The van der Waals surface area contributed by atoms with E-state index in [2.05, 4.69) is 15.3 Å². The first kappa shape index (κ1) is 15.4. The standard InChI is InChI=1S/C17H14N4O3/c1-24-17(23)14-5-3-2-4-13(14)16(22)20-12-6-7-15(19-10-12)21-9-8-18-11-21/h2-11H,1H3,(H,20,22). The molecule has 0 radical (unpaired) electrons. The number of amides is 1. The number of nitrogens with one attached hydrogen (secondary N) is 1. The Morgan fingerprint density at radius 2 is 1.92 bits per heavy atom. The van der Waals surface area contributed by atoms with Crippen molar-refractivity contribution in [2.75, 3.05) is 12.4 Å². The van der Waals surface area contributed by atoms with Crippen molar-refractivity contribution in [3.63, 3.8) is 0 Å². The number of imidazole rings is 1. The Balaban J connectivity index is 1.79. The van der Waals surface area contributed by atoms with Gasteiger partial charge in [-0.3, -0.25) is 9.36 Å². The fourth-order valence-corrected chi connectivity index (χ4v) is 2.17. The van der Waals surface area contributed by atoms with Crippen LogP contribution < -0.4 is 5.32 Å². The van der Waals surface area contributed by atoms with Gasteiger partial charge >= 0.3 is 5.97 Å². The lowest BCUT2D eigenvalue weighted by molar-refractivity contribution is 0.0597. The summed E-state index contributed by atoms with van der Waals surface area (Å²) in [6.07, 6.45) is 6.59. The van der Waals surface area contributed by atoms with Crippen molar-refractivity contribution >= 4 is 17.6 Å². The van der Waals surface area contributed by atoms with Crippen LogP contribution in [0.1, 0.15) is 20.7 Å². The van der Waals surface area contributed by atoms with E-state index in [0.29, 0.717) is 11.5 Å². The molecule has 120 valence electrons. The molecule has 0 aliphatic rings. The Morgan fingerprint density at radius 1 is 1.12 bits per heavy atom. The van der Waals surface area contributed by atoms with Crippen molar-refractivity contribution in [2.45, 2.75) is 0 Å². The average Bonchev–Trinajstić information content (AvgIpc) is 3.16. The molecule has 2 heterocycles. The van der Waals surface area contributed by atoms with Gasteiger partial charge in [-0.2, -0.15) is 0 Å². The summed E-state index contributed by atoms with van der Waals surface area (Å²) in [7, 11) is 1.27. The van der Waals surface area contributed by atoms with Crippen molar-refractivity contribution in [2.24, 2.45) is 0 Å². The van der Waals surface area contributed by atoms with Gasteiger partial charge in [0.2, 0.25) is 0 Å². The summed E-state index contributed by atoms with van der Waals surface area (Å²) >= 11 is 0. The number of hydrogen-bond donors (Lipinski definition) is 1. The fourth-order valence-electron chi connectivity index (χ4n) is 2.17. The predicted molar refractivity (Wildman–Crippen MR) is 87.1 cm³/mol. The maximum Gasteiger partial charge on any atom is 0.338 e. The molecule has 0 unspecified atom stereocenters. The Kier molecular flexibility index (Phi) is 4.33. The van der Waals surface area contributed by atoms with Gasteiger partial charge in [-0.15, -0.1) is 0 Å². The molecule has 0 bridgehead atoms. The third-order valence-electron chi connectivity index (χ3n) is 3.35. The maximum atomic E-state index is 12.4. The Bertz CT molecular complexity index is 858. The number of methoxy groups -OCH3 is 1. The van der Waals surface area contributed by atoms with E-state index in [-0.39, 0.29) is 11.1 Å². The number of carbonyl (C=O) groups is 2. The monoisotopic (exact) mass is 322 g/mol. The number of carbonyl (C=O) groups excluding carboxylic acids is 2. The van der Waals surface area contributed by atoms with E-state index in [1.807, 2.05) is 0 Å². The Labute approximate surface area is 137 Å². The number of esters is 1. The van der Waals surface area contributed by atoms with Crippen molar-refractivity contribution in [3.8, 4) is 5.82 Å². The SMILES string of the molecule is COC(=O)c1ccccc1C(=O)Nc1ccc(-n2ccnc2)nc1. The molecular formula is C17H14N4O3. The van der Waals surface area contributed by atoms with Crippen LogP contribution in [0.5, 0.6) is 0 Å². The number of anilines is 1. The molecule has 2 aromatic heterocycles. The topological polar surface area (TPSA) is 86.1 Å². The van der Waals surface area contributed by atoms with Crippen LogP contribution in [0.15, 0.2) is 61.3 Å². The number of hydrogen-bond acceptors (Lipinski definition) is 5.